The molecule has 0 aliphatic heterocycles. The Bertz CT molecular complexity index is 1290. The van der Waals surface area contributed by atoms with Gasteiger partial charge in [0.2, 0.25) is 5.91 Å². The highest BCUT2D eigenvalue weighted by Gasteiger charge is 2.16. The minimum atomic E-state index is -0.184. The first-order valence-electron chi connectivity index (χ1n) is 10.1. The van der Waals surface area contributed by atoms with Crippen molar-refractivity contribution >= 4 is 39.0 Å². The molecular formula is C25H23N5OS. The second kappa shape index (κ2) is 9.60. The first kappa shape index (κ1) is 21.5. The van der Waals surface area contributed by atoms with Gasteiger partial charge >= 0.3 is 0 Å². The fourth-order valence-corrected chi connectivity index (χ4v) is 4.32. The summed E-state index contributed by atoms with van der Waals surface area (Å²) in [7, 11) is 3.95. The Kier molecular flexibility index (Phi) is 6.45. The molecule has 0 unspecified atom stereocenters. The molecule has 2 aromatic heterocycles. The monoisotopic (exact) mass is 441 g/mol. The predicted molar refractivity (Wildman–Crippen MR) is 132 cm³/mol. The van der Waals surface area contributed by atoms with E-state index in [1.54, 1.807) is 17.4 Å². The Hall–Kier alpha value is -3.73. The lowest BCUT2D eigenvalue weighted by Gasteiger charge is -2.13. The van der Waals surface area contributed by atoms with Crippen molar-refractivity contribution in [3.63, 3.8) is 0 Å². The van der Waals surface area contributed by atoms with Crippen LogP contribution in [0.25, 0.3) is 21.3 Å². The minimum Gasteiger partial charge on any atom is -0.360 e. The zero-order chi connectivity index (χ0) is 22.5. The number of thiophene rings is 1. The molecule has 4 aromatic rings. The first-order chi connectivity index (χ1) is 15.5. The smallest absolute Gasteiger partial charge is 0.243 e. The van der Waals surface area contributed by atoms with E-state index < -0.39 is 0 Å². The Balaban J connectivity index is 1.62. The van der Waals surface area contributed by atoms with E-state index >= 15 is 0 Å². The fraction of sp³-hybridized carbons (Fsp3) is 0.160. The lowest BCUT2D eigenvalue weighted by atomic mass is 10.1. The maximum absolute atomic E-state index is 12.6. The van der Waals surface area contributed by atoms with E-state index in [1.165, 1.54) is 0 Å². The quantitative estimate of drug-likeness (QED) is 0.415. The van der Waals surface area contributed by atoms with Crippen LogP contribution in [0.5, 0.6) is 0 Å². The highest BCUT2D eigenvalue weighted by molar-refractivity contribution is 7.17. The molecule has 2 N–H and O–H groups in total. The van der Waals surface area contributed by atoms with E-state index in [9.17, 15) is 4.79 Å². The van der Waals surface area contributed by atoms with Crippen LogP contribution in [0, 0.1) is 12.3 Å². The number of hydrogen-bond acceptors (Lipinski definition) is 6. The van der Waals surface area contributed by atoms with Crippen molar-refractivity contribution in [3.05, 3.63) is 71.4 Å². The number of nitrogens with zero attached hydrogens (tertiary/aromatic N) is 3. The SMILES string of the molecule is C#Cc1cccc(NC(=O)CNc2nc(CN(C)C)nc3scc(-c4ccccc4)c23)c1. The first-order valence-corrected chi connectivity index (χ1v) is 11.0. The lowest BCUT2D eigenvalue weighted by Crippen LogP contribution is -2.23. The second-order valence-corrected chi connectivity index (χ2v) is 8.41. The van der Waals surface area contributed by atoms with Gasteiger partial charge in [0.15, 0.2) is 0 Å². The molecule has 0 fully saturated rings. The summed E-state index contributed by atoms with van der Waals surface area (Å²) in [6.45, 7) is 0.673. The summed E-state index contributed by atoms with van der Waals surface area (Å²) in [6.07, 6.45) is 5.45. The van der Waals surface area contributed by atoms with Gasteiger partial charge < -0.3 is 15.5 Å². The van der Waals surface area contributed by atoms with E-state index in [1.807, 2.05) is 55.4 Å². The van der Waals surface area contributed by atoms with Crippen LogP contribution in [0.1, 0.15) is 11.4 Å². The van der Waals surface area contributed by atoms with E-state index in [2.05, 4.69) is 34.1 Å². The number of hydrogen-bond donors (Lipinski definition) is 2. The van der Waals surface area contributed by atoms with Crippen molar-refractivity contribution in [2.45, 2.75) is 6.54 Å². The van der Waals surface area contributed by atoms with E-state index in [4.69, 9.17) is 16.4 Å². The third kappa shape index (κ3) is 4.94. The maximum Gasteiger partial charge on any atom is 0.243 e. The molecule has 0 bridgehead atoms. The van der Waals surface area contributed by atoms with Crippen molar-refractivity contribution in [2.24, 2.45) is 0 Å². The Morgan fingerprint density at radius 1 is 1.12 bits per heavy atom. The summed E-state index contributed by atoms with van der Waals surface area (Å²) in [6, 6.07) is 17.3. The Labute approximate surface area is 191 Å². The van der Waals surface area contributed by atoms with Crippen LogP contribution in [-0.4, -0.2) is 41.4 Å². The zero-order valence-corrected chi connectivity index (χ0v) is 18.7. The van der Waals surface area contributed by atoms with Gasteiger partial charge in [0.25, 0.3) is 0 Å². The number of rotatable bonds is 7. The largest absolute Gasteiger partial charge is 0.360 e. The average molecular weight is 442 g/mol. The van der Waals surface area contributed by atoms with Gasteiger partial charge in [0, 0.05) is 22.2 Å². The van der Waals surface area contributed by atoms with Crippen LogP contribution in [0.4, 0.5) is 11.5 Å². The van der Waals surface area contributed by atoms with Crippen LogP contribution < -0.4 is 10.6 Å². The molecule has 2 aromatic carbocycles. The predicted octanol–water partition coefficient (Wildman–Crippen LogP) is 4.45. The van der Waals surface area contributed by atoms with E-state index in [-0.39, 0.29) is 12.5 Å². The fourth-order valence-electron chi connectivity index (χ4n) is 3.35. The van der Waals surface area contributed by atoms with Crippen molar-refractivity contribution in [1.29, 1.82) is 0 Å². The van der Waals surface area contributed by atoms with Gasteiger partial charge in [-0.05, 0) is 37.9 Å². The van der Waals surface area contributed by atoms with Crippen molar-refractivity contribution < 1.29 is 4.79 Å². The standard InChI is InChI=1S/C25H23N5OS/c1-4-17-9-8-12-19(13-17)27-22(31)14-26-24-23-20(18-10-6-5-7-11-18)16-32-25(23)29-21(28-24)15-30(2)3/h1,5-13,16H,14-15H2,2-3H3,(H,27,31)(H,26,28,29). The van der Waals surface area contributed by atoms with Crippen molar-refractivity contribution in [3.8, 4) is 23.5 Å². The third-order valence-corrected chi connectivity index (χ3v) is 5.62. The molecular weight excluding hydrogens is 418 g/mol. The van der Waals surface area contributed by atoms with Gasteiger partial charge in [-0.1, -0.05) is 42.3 Å². The van der Waals surface area contributed by atoms with Gasteiger partial charge in [0.1, 0.15) is 16.5 Å². The maximum atomic E-state index is 12.6. The van der Waals surface area contributed by atoms with Gasteiger partial charge in [0.05, 0.1) is 18.5 Å². The molecule has 0 atom stereocenters. The molecule has 0 spiro atoms. The third-order valence-electron chi connectivity index (χ3n) is 4.75. The highest BCUT2D eigenvalue weighted by Crippen LogP contribution is 2.37. The number of fused-ring (bicyclic) bond motifs is 1. The Morgan fingerprint density at radius 2 is 1.94 bits per heavy atom. The van der Waals surface area contributed by atoms with Crippen molar-refractivity contribution in [1.82, 2.24) is 14.9 Å². The average Bonchev–Trinajstić information content (AvgIpc) is 3.22. The second-order valence-electron chi connectivity index (χ2n) is 7.55. The number of benzene rings is 2. The molecule has 1 amide bonds. The summed E-state index contributed by atoms with van der Waals surface area (Å²) in [5.41, 5.74) is 3.51. The molecule has 7 heteroatoms. The topological polar surface area (TPSA) is 70.2 Å². The van der Waals surface area contributed by atoms with Gasteiger partial charge in [-0.15, -0.1) is 17.8 Å². The highest BCUT2D eigenvalue weighted by atomic mass is 32.1. The molecule has 0 saturated carbocycles. The van der Waals surface area contributed by atoms with Crippen LogP contribution >= 0.6 is 11.3 Å². The normalized spacial score (nSPS) is 10.8. The van der Waals surface area contributed by atoms with Crippen LogP contribution in [0.2, 0.25) is 0 Å². The molecule has 6 nitrogen and oxygen atoms in total. The summed E-state index contributed by atoms with van der Waals surface area (Å²) >= 11 is 1.58. The molecule has 160 valence electrons. The minimum absolute atomic E-state index is 0.0673. The number of aromatic nitrogens is 2. The summed E-state index contributed by atoms with van der Waals surface area (Å²) in [4.78, 5) is 25.0. The molecule has 0 aliphatic rings. The number of amides is 1. The summed E-state index contributed by atoms with van der Waals surface area (Å²) < 4.78 is 0. The molecule has 0 saturated heterocycles. The molecule has 4 rings (SSSR count). The number of terminal acetylenes is 1. The van der Waals surface area contributed by atoms with Crippen LogP contribution in [0.15, 0.2) is 60.0 Å². The molecule has 0 radical (unpaired) electrons. The zero-order valence-electron chi connectivity index (χ0n) is 17.9. The Morgan fingerprint density at radius 3 is 2.69 bits per heavy atom. The van der Waals surface area contributed by atoms with Crippen LogP contribution in [-0.2, 0) is 11.3 Å². The van der Waals surface area contributed by atoms with Crippen LogP contribution in [0.3, 0.4) is 0 Å². The summed E-state index contributed by atoms with van der Waals surface area (Å²) in [5, 5.41) is 9.12. The van der Waals surface area contributed by atoms with Gasteiger partial charge in [-0.25, -0.2) is 9.97 Å². The number of carbonyl (C=O) groups is 1. The summed E-state index contributed by atoms with van der Waals surface area (Å²) in [5.74, 6) is 3.74. The molecule has 32 heavy (non-hydrogen) atoms. The molecule has 0 aliphatic carbocycles. The number of anilines is 2. The number of carbonyl (C=O) groups excluding carboxylic acids is 1. The van der Waals surface area contributed by atoms with E-state index in [0.717, 1.165) is 21.3 Å². The number of nitrogens with one attached hydrogen (secondary N) is 2. The lowest BCUT2D eigenvalue weighted by molar-refractivity contribution is -0.114. The van der Waals surface area contributed by atoms with E-state index in [0.29, 0.717) is 29.4 Å². The molecule has 2 heterocycles. The van der Waals surface area contributed by atoms with Crippen molar-refractivity contribution in [2.75, 3.05) is 31.3 Å². The van der Waals surface area contributed by atoms with Gasteiger partial charge in [-0.3, -0.25) is 4.79 Å². The van der Waals surface area contributed by atoms with Gasteiger partial charge in [-0.2, -0.15) is 0 Å².